The molecule has 8 heteroatoms. The molecule has 1 aromatic heterocycles. The summed E-state index contributed by atoms with van der Waals surface area (Å²) in [5.41, 5.74) is 4.69. The van der Waals surface area contributed by atoms with Crippen LogP contribution in [0.3, 0.4) is 0 Å². The van der Waals surface area contributed by atoms with Crippen molar-refractivity contribution in [3.05, 3.63) is 47.5 Å². The lowest BCUT2D eigenvalue weighted by molar-refractivity contribution is 0.0844. The Kier molecular flexibility index (Phi) is 3.58. The van der Waals surface area contributed by atoms with Gasteiger partial charge in [-0.2, -0.15) is 8.75 Å². The highest BCUT2D eigenvalue weighted by Crippen LogP contribution is 2.02. The van der Waals surface area contributed by atoms with Gasteiger partial charge in [-0.1, -0.05) is 0 Å². The molecule has 0 radical (unpaired) electrons. The molecule has 92 valence electrons. The molecule has 2 amide bonds. The predicted molar refractivity (Wildman–Crippen MR) is 61.2 cm³/mol. The van der Waals surface area contributed by atoms with E-state index in [9.17, 15) is 14.0 Å². The fourth-order valence-corrected chi connectivity index (χ4v) is 1.53. The Labute approximate surface area is 105 Å². The molecular weight excluding hydrogens is 259 g/mol. The summed E-state index contributed by atoms with van der Waals surface area (Å²) in [6, 6.07) is 4.92. The van der Waals surface area contributed by atoms with Crippen LogP contribution in [-0.2, 0) is 0 Å². The summed E-state index contributed by atoms with van der Waals surface area (Å²) in [4.78, 5) is 23.0. The number of halogens is 1. The molecule has 0 aliphatic carbocycles. The van der Waals surface area contributed by atoms with Gasteiger partial charge < -0.3 is 0 Å². The van der Waals surface area contributed by atoms with Crippen LogP contribution < -0.4 is 10.9 Å². The van der Waals surface area contributed by atoms with Gasteiger partial charge in [0.1, 0.15) is 5.82 Å². The van der Waals surface area contributed by atoms with Crippen molar-refractivity contribution in [1.82, 2.24) is 19.6 Å². The molecule has 0 aliphatic rings. The lowest BCUT2D eigenvalue weighted by Crippen LogP contribution is -2.41. The van der Waals surface area contributed by atoms with Gasteiger partial charge in [-0.3, -0.25) is 20.4 Å². The summed E-state index contributed by atoms with van der Waals surface area (Å²) in [6.45, 7) is 0. The van der Waals surface area contributed by atoms with Crippen molar-refractivity contribution in [2.75, 3.05) is 0 Å². The fourth-order valence-electron chi connectivity index (χ4n) is 1.12. The number of nitrogens with zero attached hydrogens (tertiary/aromatic N) is 2. The average molecular weight is 266 g/mol. The molecule has 18 heavy (non-hydrogen) atoms. The van der Waals surface area contributed by atoms with E-state index in [4.69, 9.17) is 0 Å². The van der Waals surface area contributed by atoms with Crippen molar-refractivity contribution >= 4 is 23.5 Å². The summed E-state index contributed by atoms with van der Waals surface area (Å²) >= 11 is 0.885. The minimum atomic E-state index is -0.570. The Morgan fingerprint density at radius 1 is 1.11 bits per heavy atom. The number of aromatic nitrogens is 2. The molecule has 2 rings (SSSR count). The maximum Gasteiger partial charge on any atom is 0.291 e. The van der Waals surface area contributed by atoms with Gasteiger partial charge in [0.15, 0.2) is 5.69 Å². The number of carbonyl (C=O) groups excluding carboxylic acids is 2. The van der Waals surface area contributed by atoms with Gasteiger partial charge in [0, 0.05) is 5.56 Å². The van der Waals surface area contributed by atoms with E-state index < -0.39 is 17.6 Å². The second-order valence-electron chi connectivity index (χ2n) is 3.21. The number of hydrazine groups is 1. The molecule has 0 fully saturated rings. The molecule has 0 bridgehead atoms. The Morgan fingerprint density at radius 3 is 2.39 bits per heavy atom. The van der Waals surface area contributed by atoms with Crippen LogP contribution in [-0.4, -0.2) is 20.6 Å². The number of nitrogens with one attached hydrogen (secondary N) is 2. The van der Waals surface area contributed by atoms with E-state index in [-0.39, 0.29) is 11.3 Å². The molecule has 2 aromatic rings. The molecule has 6 nitrogen and oxygen atoms in total. The maximum atomic E-state index is 12.6. The first kappa shape index (κ1) is 12.1. The Hall–Kier alpha value is -2.35. The van der Waals surface area contributed by atoms with Crippen molar-refractivity contribution in [3.8, 4) is 0 Å². The lowest BCUT2D eigenvalue weighted by Gasteiger charge is -2.05. The maximum absolute atomic E-state index is 12.6. The van der Waals surface area contributed by atoms with Gasteiger partial charge in [-0.25, -0.2) is 4.39 Å². The van der Waals surface area contributed by atoms with Crippen LogP contribution >= 0.6 is 11.7 Å². The van der Waals surface area contributed by atoms with Crippen LogP contribution in [0.15, 0.2) is 30.5 Å². The Morgan fingerprint density at radius 2 is 1.78 bits per heavy atom. The molecule has 0 atom stereocenters. The number of rotatable bonds is 2. The van der Waals surface area contributed by atoms with Crippen LogP contribution in [0.1, 0.15) is 20.8 Å². The zero-order valence-electron chi connectivity index (χ0n) is 8.88. The highest BCUT2D eigenvalue weighted by molar-refractivity contribution is 6.99. The van der Waals surface area contributed by atoms with Crippen molar-refractivity contribution < 1.29 is 14.0 Å². The van der Waals surface area contributed by atoms with Crippen molar-refractivity contribution in [3.63, 3.8) is 0 Å². The van der Waals surface area contributed by atoms with E-state index >= 15 is 0 Å². The summed E-state index contributed by atoms with van der Waals surface area (Å²) in [6.07, 6.45) is 1.28. The van der Waals surface area contributed by atoms with Crippen LogP contribution in [0.5, 0.6) is 0 Å². The number of carbonyl (C=O) groups is 2. The van der Waals surface area contributed by atoms with Crippen LogP contribution in [0.25, 0.3) is 0 Å². The summed E-state index contributed by atoms with van der Waals surface area (Å²) in [7, 11) is 0. The van der Waals surface area contributed by atoms with Gasteiger partial charge in [-0.15, -0.1) is 0 Å². The van der Waals surface area contributed by atoms with E-state index in [1.54, 1.807) is 0 Å². The highest BCUT2D eigenvalue weighted by atomic mass is 32.1. The Bertz CT molecular complexity index is 556. The summed E-state index contributed by atoms with van der Waals surface area (Å²) in [5, 5.41) is 0. The van der Waals surface area contributed by atoms with E-state index in [1.165, 1.54) is 18.3 Å². The monoisotopic (exact) mass is 266 g/mol. The van der Waals surface area contributed by atoms with Crippen LogP contribution in [0.2, 0.25) is 0 Å². The minimum Gasteiger partial charge on any atom is -0.267 e. The number of benzene rings is 1. The largest absolute Gasteiger partial charge is 0.291 e. The third-order valence-corrected chi connectivity index (χ3v) is 2.47. The topological polar surface area (TPSA) is 84.0 Å². The standard InChI is InChI=1S/C10H7FN4O2S/c11-7-3-1-6(2-4-7)9(16)13-14-10(17)8-5-12-18-15-8/h1-5H,(H,13,16)(H,14,17). The molecule has 0 saturated heterocycles. The smallest absolute Gasteiger partial charge is 0.267 e. The first-order chi connectivity index (χ1) is 8.66. The van der Waals surface area contributed by atoms with E-state index in [2.05, 4.69) is 19.6 Å². The van der Waals surface area contributed by atoms with Crippen LogP contribution in [0, 0.1) is 5.82 Å². The van der Waals surface area contributed by atoms with Crippen LogP contribution in [0.4, 0.5) is 4.39 Å². The average Bonchev–Trinajstić information content (AvgIpc) is 2.90. The SMILES string of the molecule is O=C(NNC(=O)c1cnsn1)c1ccc(F)cc1. The second-order valence-corrected chi connectivity index (χ2v) is 3.76. The summed E-state index contributed by atoms with van der Waals surface area (Å²) < 4.78 is 20.0. The quantitative estimate of drug-likeness (QED) is 0.786. The minimum absolute atomic E-state index is 0.111. The predicted octanol–water partition coefficient (Wildman–Crippen LogP) is 0.752. The lowest BCUT2D eigenvalue weighted by atomic mass is 10.2. The molecule has 1 aromatic carbocycles. The third-order valence-electron chi connectivity index (χ3n) is 1.99. The van der Waals surface area contributed by atoms with E-state index in [0.29, 0.717) is 0 Å². The number of amides is 2. The van der Waals surface area contributed by atoms with Gasteiger partial charge in [0.05, 0.1) is 17.9 Å². The Balaban J connectivity index is 1.92. The first-order valence-electron chi connectivity index (χ1n) is 4.80. The van der Waals surface area contributed by atoms with Crippen molar-refractivity contribution in [2.24, 2.45) is 0 Å². The molecule has 0 spiro atoms. The first-order valence-corrected chi connectivity index (χ1v) is 5.53. The molecule has 2 N–H and O–H groups in total. The molecule has 1 heterocycles. The zero-order valence-corrected chi connectivity index (χ0v) is 9.70. The zero-order chi connectivity index (χ0) is 13.0. The van der Waals surface area contributed by atoms with Crippen molar-refractivity contribution in [2.45, 2.75) is 0 Å². The van der Waals surface area contributed by atoms with E-state index in [1.807, 2.05) is 0 Å². The van der Waals surface area contributed by atoms with Gasteiger partial charge in [-0.05, 0) is 24.3 Å². The molecule has 0 unspecified atom stereocenters. The molecule has 0 aliphatic heterocycles. The van der Waals surface area contributed by atoms with Gasteiger partial charge in [0.2, 0.25) is 0 Å². The molecular formula is C10H7FN4O2S. The van der Waals surface area contributed by atoms with Crippen molar-refractivity contribution in [1.29, 1.82) is 0 Å². The summed E-state index contributed by atoms with van der Waals surface area (Å²) in [5.74, 6) is -1.56. The third kappa shape index (κ3) is 2.86. The second kappa shape index (κ2) is 5.32. The molecule has 0 saturated carbocycles. The normalized spacial score (nSPS) is 9.83. The highest BCUT2D eigenvalue weighted by Gasteiger charge is 2.10. The number of hydrogen-bond donors (Lipinski definition) is 2. The van der Waals surface area contributed by atoms with Gasteiger partial charge in [0.25, 0.3) is 11.8 Å². The van der Waals surface area contributed by atoms with E-state index in [0.717, 1.165) is 23.9 Å². The fraction of sp³-hybridized carbons (Fsp3) is 0. The van der Waals surface area contributed by atoms with Gasteiger partial charge >= 0.3 is 0 Å². The number of hydrogen-bond acceptors (Lipinski definition) is 5.